The number of hydrogen-bond acceptors (Lipinski definition) is 3. The minimum Gasteiger partial charge on any atom is -0.478 e. The van der Waals surface area contributed by atoms with Crippen LogP contribution in [0.1, 0.15) is 37.4 Å². The van der Waals surface area contributed by atoms with Crippen molar-refractivity contribution in [2.24, 2.45) is 0 Å². The molecule has 0 bridgehead atoms. The van der Waals surface area contributed by atoms with Crippen LogP contribution in [0.4, 0.5) is 0 Å². The maximum atomic E-state index is 12.2. The van der Waals surface area contributed by atoms with E-state index in [-0.39, 0.29) is 11.1 Å². The molecule has 0 spiro atoms. The molecule has 1 N–H and O–H groups in total. The van der Waals surface area contributed by atoms with Gasteiger partial charge in [-0.3, -0.25) is 0 Å². The molecule has 0 fully saturated rings. The van der Waals surface area contributed by atoms with Crippen LogP contribution in [0.25, 0.3) is 0 Å². The summed E-state index contributed by atoms with van der Waals surface area (Å²) in [5.74, 6) is -1.34. The van der Waals surface area contributed by atoms with Gasteiger partial charge in [0, 0.05) is 0 Å². The molecule has 0 heterocycles. The number of rotatable bonds is 3. The minimum absolute atomic E-state index is 0.0457. The highest BCUT2D eigenvalue weighted by Gasteiger charge is 2.19. The summed E-state index contributed by atoms with van der Waals surface area (Å²) in [4.78, 5) is 23.4. The molecule has 0 saturated heterocycles. The molecular formula is C17H16O4. The number of carbonyl (C=O) groups excluding carboxylic acids is 1. The number of carboxylic acids is 1. The third kappa shape index (κ3) is 3.11. The molecule has 108 valence electrons. The van der Waals surface area contributed by atoms with Crippen LogP contribution >= 0.6 is 0 Å². The van der Waals surface area contributed by atoms with Crippen molar-refractivity contribution >= 4 is 11.9 Å². The molecule has 0 amide bonds. The lowest BCUT2D eigenvalue weighted by molar-refractivity contribution is 0.0667. The highest BCUT2D eigenvalue weighted by atomic mass is 16.5. The zero-order valence-corrected chi connectivity index (χ0v) is 12.1. The normalized spacial score (nSPS) is 10.2. The van der Waals surface area contributed by atoms with Gasteiger partial charge in [0.25, 0.3) is 0 Å². The lowest BCUT2D eigenvalue weighted by Crippen LogP contribution is -2.15. The van der Waals surface area contributed by atoms with Gasteiger partial charge in [-0.1, -0.05) is 29.8 Å². The summed E-state index contributed by atoms with van der Waals surface area (Å²) in [6.07, 6.45) is 0. The summed E-state index contributed by atoms with van der Waals surface area (Å²) < 4.78 is 5.41. The summed E-state index contributed by atoms with van der Waals surface area (Å²) in [6.45, 7) is 5.67. The van der Waals surface area contributed by atoms with Gasteiger partial charge in [-0.15, -0.1) is 0 Å². The first-order valence-electron chi connectivity index (χ1n) is 6.52. The fraction of sp³-hybridized carbons (Fsp3) is 0.176. The van der Waals surface area contributed by atoms with E-state index in [9.17, 15) is 9.59 Å². The van der Waals surface area contributed by atoms with Crippen LogP contribution in [0.2, 0.25) is 0 Å². The summed E-state index contributed by atoms with van der Waals surface area (Å²) in [6, 6.07) is 9.84. The van der Waals surface area contributed by atoms with Crippen molar-refractivity contribution in [2.45, 2.75) is 20.8 Å². The van der Waals surface area contributed by atoms with Crippen LogP contribution < -0.4 is 4.74 Å². The molecule has 0 aliphatic carbocycles. The van der Waals surface area contributed by atoms with Crippen molar-refractivity contribution in [1.29, 1.82) is 0 Å². The molecule has 2 aromatic rings. The van der Waals surface area contributed by atoms with E-state index in [4.69, 9.17) is 9.84 Å². The Labute approximate surface area is 123 Å². The SMILES string of the molecule is Cc1cc(C)c(OC(=O)c2ccccc2C(=O)O)c(C)c1. The number of aromatic carboxylic acids is 1. The van der Waals surface area contributed by atoms with Crippen LogP contribution in [0, 0.1) is 20.8 Å². The predicted molar refractivity (Wildman–Crippen MR) is 79.0 cm³/mol. The molecule has 0 radical (unpaired) electrons. The Morgan fingerprint density at radius 1 is 0.952 bits per heavy atom. The maximum Gasteiger partial charge on any atom is 0.344 e. The Morgan fingerprint density at radius 3 is 2.00 bits per heavy atom. The van der Waals surface area contributed by atoms with Crippen molar-refractivity contribution < 1.29 is 19.4 Å². The number of ether oxygens (including phenoxy) is 1. The van der Waals surface area contributed by atoms with Gasteiger partial charge in [-0.2, -0.15) is 0 Å². The molecule has 0 aromatic heterocycles. The topological polar surface area (TPSA) is 63.6 Å². The Bertz CT molecular complexity index is 693. The zero-order valence-electron chi connectivity index (χ0n) is 12.1. The van der Waals surface area contributed by atoms with Gasteiger partial charge >= 0.3 is 11.9 Å². The van der Waals surface area contributed by atoms with Crippen LogP contribution in [-0.2, 0) is 0 Å². The number of aryl methyl sites for hydroxylation is 3. The number of hydrogen-bond donors (Lipinski definition) is 1. The third-order valence-corrected chi connectivity index (χ3v) is 3.18. The quantitative estimate of drug-likeness (QED) is 0.691. The molecule has 0 saturated carbocycles. The van der Waals surface area contributed by atoms with Gasteiger partial charge in [0.1, 0.15) is 5.75 Å². The maximum absolute atomic E-state index is 12.2. The molecule has 0 atom stereocenters. The lowest BCUT2D eigenvalue weighted by Gasteiger charge is -2.12. The summed E-state index contributed by atoms with van der Waals surface area (Å²) in [5.41, 5.74) is 2.74. The summed E-state index contributed by atoms with van der Waals surface area (Å²) in [5, 5.41) is 9.12. The van der Waals surface area contributed by atoms with Gasteiger partial charge in [0.2, 0.25) is 0 Å². The van der Waals surface area contributed by atoms with Crippen molar-refractivity contribution in [3.8, 4) is 5.75 Å². The van der Waals surface area contributed by atoms with Gasteiger partial charge in [-0.25, -0.2) is 9.59 Å². The second kappa shape index (κ2) is 5.79. The Hall–Kier alpha value is -2.62. The van der Waals surface area contributed by atoms with Crippen LogP contribution in [-0.4, -0.2) is 17.0 Å². The van der Waals surface area contributed by atoms with Crippen LogP contribution in [0.15, 0.2) is 36.4 Å². The summed E-state index contributed by atoms with van der Waals surface area (Å²) >= 11 is 0. The van der Waals surface area contributed by atoms with E-state index in [0.717, 1.165) is 16.7 Å². The minimum atomic E-state index is -1.15. The lowest BCUT2D eigenvalue weighted by atomic mass is 10.1. The monoisotopic (exact) mass is 284 g/mol. The van der Waals surface area contributed by atoms with Gasteiger partial charge < -0.3 is 9.84 Å². The molecular weight excluding hydrogens is 268 g/mol. The Morgan fingerprint density at radius 2 is 1.48 bits per heavy atom. The first kappa shape index (κ1) is 14.8. The molecule has 4 heteroatoms. The zero-order chi connectivity index (χ0) is 15.6. The van der Waals surface area contributed by atoms with E-state index in [0.29, 0.717) is 5.75 Å². The van der Waals surface area contributed by atoms with Crippen LogP contribution in [0.5, 0.6) is 5.75 Å². The fourth-order valence-electron chi connectivity index (χ4n) is 2.32. The van der Waals surface area contributed by atoms with E-state index in [1.165, 1.54) is 12.1 Å². The highest BCUT2D eigenvalue weighted by Crippen LogP contribution is 2.26. The number of benzene rings is 2. The molecule has 0 unspecified atom stereocenters. The van der Waals surface area contributed by atoms with E-state index in [2.05, 4.69) is 0 Å². The largest absolute Gasteiger partial charge is 0.478 e. The molecule has 0 aliphatic heterocycles. The Kier molecular flexibility index (Phi) is 4.08. The standard InChI is InChI=1S/C17H16O4/c1-10-8-11(2)15(12(3)9-10)21-17(20)14-7-5-4-6-13(14)16(18)19/h4-9H,1-3H3,(H,18,19). The average Bonchev–Trinajstić information content (AvgIpc) is 2.42. The van der Waals surface area contributed by atoms with Crippen molar-refractivity contribution in [2.75, 3.05) is 0 Å². The molecule has 2 aromatic carbocycles. The van der Waals surface area contributed by atoms with Crippen molar-refractivity contribution in [1.82, 2.24) is 0 Å². The van der Waals surface area contributed by atoms with Gasteiger partial charge in [0.05, 0.1) is 11.1 Å². The number of esters is 1. The van der Waals surface area contributed by atoms with E-state index >= 15 is 0 Å². The average molecular weight is 284 g/mol. The number of carbonyl (C=O) groups is 2. The second-order valence-electron chi connectivity index (χ2n) is 4.97. The van der Waals surface area contributed by atoms with Gasteiger partial charge in [0.15, 0.2) is 0 Å². The predicted octanol–water partition coefficient (Wildman–Crippen LogP) is 3.53. The van der Waals surface area contributed by atoms with Crippen molar-refractivity contribution in [3.63, 3.8) is 0 Å². The second-order valence-corrected chi connectivity index (χ2v) is 4.97. The fourth-order valence-corrected chi connectivity index (χ4v) is 2.32. The van der Waals surface area contributed by atoms with Crippen LogP contribution in [0.3, 0.4) is 0 Å². The molecule has 21 heavy (non-hydrogen) atoms. The highest BCUT2D eigenvalue weighted by molar-refractivity contribution is 6.03. The first-order valence-corrected chi connectivity index (χ1v) is 6.52. The molecule has 2 rings (SSSR count). The van der Waals surface area contributed by atoms with Gasteiger partial charge in [-0.05, 0) is 44.0 Å². The van der Waals surface area contributed by atoms with E-state index in [1.54, 1.807) is 12.1 Å². The Balaban J connectivity index is 2.38. The third-order valence-electron chi connectivity index (χ3n) is 3.18. The van der Waals surface area contributed by atoms with E-state index < -0.39 is 11.9 Å². The smallest absolute Gasteiger partial charge is 0.344 e. The molecule has 0 aliphatic rings. The van der Waals surface area contributed by atoms with E-state index in [1.807, 2.05) is 32.9 Å². The first-order chi connectivity index (χ1) is 9.90. The number of carboxylic acid groups (broad SMARTS) is 1. The molecule has 4 nitrogen and oxygen atoms in total. The summed E-state index contributed by atoms with van der Waals surface area (Å²) in [7, 11) is 0. The van der Waals surface area contributed by atoms with Crippen molar-refractivity contribution in [3.05, 3.63) is 64.2 Å².